The highest BCUT2D eigenvalue weighted by atomic mass is 16.4. The average molecular weight is 237 g/mol. The van der Waals surface area contributed by atoms with Gasteiger partial charge in [-0.1, -0.05) is 0 Å². The summed E-state index contributed by atoms with van der Waals surface area (Å²) in [4.78, 5) is 23.8. The maximum atomic E-state index is 12.0. The zero-order chi connectivity index (χ0) is 13.0. The maximum Gasteiger partial charge on any atom is 0.323 e. The van der Waals surface area contributed by atoms with Gasteiger partial charge in [0.05, 0.1) is 0 Å². The maximum absolute atomic E-state index is 12.0. The van der Waals surface area contributed by atoms with Gasteiger partial charge >= 0.3 is 5.97 Å². The molecule has 0 aromatic heterocycles. The largest absolute Gasteiger partial charge is 0.508 e. The number of aromatic hydroxyl groups is 1. The van der Waals surface area contributed by atoms with E-state index in [2.05, 4.69) is 0 Å². The van der Waals surface area contributed by atoms with Gasteiger partial charge in [0.2, 0.25) is 0 Å². The van der Waals surface area contributed by atoms with E-state index in [0.29, 0.717) is 17.7 Å². The number of hydrogen-bond donors (Lipinski definition) is 2. The molecule has 1 rings (SSSR count). The fourth-order valence-electron chi connectivity index (χ4n) is 1.46. The summed E-state index contributed by atoms with van der Waals surface area (Å²) in [6, 6.07) is 4.45. The summed E-state index contributed by atoms with van der Waals surface area (Å²) in [6.07, 6.45) is 0. The van der Waals surface area contributed by atoms with Crippen LogP contribution in [0.3, 0.4) is 0 Å². The average Bonchev–Trinajstić information content (AvgIpc) is 2.28. The molecule has 2 N–H and O–H groups in total. The molecule has 0 fully saturated rings. The number of hydrogen-bond acceptors (Lipinski definition) is 3. The molecule has 92 valence electrons. The van der Waals surface area contributed by atoms with Gasteiger partial charge in [-0.15, -0.1) is 0 Å². The Balaban J connectivity index is 2.93. The van der Waals surface area contributed by atoms with Crippen molar-refractivity contribution in [2.45, 2.75) is 13.8 Å². The number of rotatable bonds is 4. The predicted octanol–water partition coefficient (Wildman–Crippen LogP) is 1.25. The minimum absolute atomic E-state index is 0.114. The molecule has 1 aromatic carbocycles. The van der Waals surface area contributed by atoms with E-state index in [1.165, 1.54) is 17.0 Å². The minimum Gasteiger partial charge on any atom is -0.508 e. The van der Waals surface area contributed by atoms with Crippen LogP contribution in [0.25, 0.3) is 0 Å². The van der Waals surface area contributed by atoms with Crippen molar-refractivity contribution in [3.63, 3.8) is 0 Å². The number of amides is 1. The molecule has 0 saturated heterocycles. The number of phenolic OH excluding ortho intramolecular Hbond substituents is 1. The molecule has 0 heterocycles. The molecular weight excluding hydrogens is 222 g/mol. The minimum atomic E-state index is -1.05. The van der Waals surface area contributed by atoms with Crippen LogP contribution in [0.2, 0.25) is 0 Å². The van der Waals surface area contributed by atoms with Gasteiger partial charge in [0.25, 0.3) is 5.91 Å². The molecule has 0 bridgehead atoms. The Bertz CT molecular complexity index is 442. The first-order chi connectivity index (χ1) is 7.95. The van der Waals surface area contributed by atoms with Crippen LogP contribution in [0.4, 0.5) is 0 Å². The van der Waals surface area contributed by atoms with Crippen LogP contribution in [-0.4, -0.2) is 40.1 Å². The summed E-state index contributed by atoms with van der Waals surface area (Å²) in [5.74, 6) is -1.28. The van der Waals surface area contributed by atoms with E-state index < -0.39 is 5.97 Å². The number of aliphatic carboxylic acids is 1. The van der Waals surface area contributed by atoms with Gasteiger partial charge in [0.15, 0.2) is 0 Å². The second-order valence-electron chi connectivity index (χ2n) is 3.71. The molecule has 1 aromatic rings. The van der Waals surface area contributed by atoms with Gasteiger partial charge in [-0.25, -0.2) is 0 Å². The molecule has 17 heavy (non-hydrogen) atoms. The normalized spacial score (nSPS) is 10.0. The predicted molar refractivity (Wildman–Crippen MR) is 62.1 cm³/mol. The highest BCUT2D eigenvalue weighted by Crippen LogP contribution is 2.18. The van der Waals surface area contributed by atoms with Crippen LogP contribution < -0.4 is 0 Å². The Hall–Kier alpha value is -2.04. The van der Waals surface area contributed by atoms with Crippen molar-refractivity contribution < 1.29 is 19.8 Å². The summed E-state index contributed by atoms with van der Waals surface area (Å²) in [7, 11) is 0. The second kappa shape index (κ2) is 5.34. The first kappa shape index (κ1) is 13.0. The molecule has 1 amide bonds. The third-order valence-electron chi connectivity index (χ3n) is 2.44. The number of benzene rings is 1. The summed E-state index contributed by atoms with van der Waals surface area (Å²) in [5, 5.41) is 18.0. The summed E-state index contributed by atoms with van der Waals surface area (Å²) in [5.41, 5.74) is 0.964. The van der Waals surface area contributed by atoms with E-state index in [1.807, 2.05) is 0 Å². The fourth-order valence-corrected chi connectivity index (χ4v) is 1.46. The molecule has 0 unspecified atom stereocenters. The quantitative estimate of drug-likeness (QED) is 0.826. The first-order valence-corrected chi connectivity index (χ1v) is 5.26. The number of carboxylic acids is 1. The number of likely N-dealkylation sites (N-methyl/N-ethyl adjacent to an activating group) is 1. The lowest BCUT2D eigenvalue weighted by atomic mass is 10.1. The van der Waals surface area contributed by atoms with E-state index in [4.69, 9.17) is 5.11 Å². The molecule has 0 saturated carbocycles. The number of carbonyl (C=O) groups is 2. The lowest BCUT2D eigenvalue weighted by Gasteiger charge is -2.18. The van der Waals surface area contributed by atoms with Crippen LogP contribution >= 0.6 is 0 Å². The van der Waals surface area contributed by atoms with E-state index in [0.717, 1.165) is 0 Å². The molecule has 0 atom stereocenters. The fraction of sp³-hybridized carbons (Fsp3) is 0.333. The van der Waals surface area contributed by atoms with Crippen LogP contribution in [0, 0.1) is 6.92 Å². The summed E-state index contributed by atoms with van der Waals surface area (Å²) < 4.78 is 0. The standard InChI is InChI=1S/C12H15NO4/c1-3-13(7-11(15)16)12(17)9-4-5-10(14)8(2)6-9/h4-6,14H,3,7H2,1-2H3,(H,15,16). The highest BCUT2D eigenvalue weighted by Gasteiger charge is 2.17. The Morgan fingerprint density at radius 2 is 2.00 bits per heavy atom. The van der Waals surface area contributed by atoms with Gasteiger partial charge in [0.1, 0.15) is 12.3 Å². The monoisotopic (exact) mass is 237 g/mol. The van der Waals surface area contributed by atoms with Crippen molar-refractivity contribution in [3.8, 4) is 5.75 Å². The highest BCUT2D eigenvalue weighted by molar-refractivity contribution is 5.96. The molecule has 0 aliphatic heterocycles. The van der Waals surface area contributed by atoms with Crippen LogP contribution in [0.5, 0.6) is 5.75 Å². The Morgan fingerprint density at radius 1 is 1.35 bits per heavy atom. The third kappa shape index (κ3) is 3.21. The van der Waals surface area contributed by atoms with E-state index in [1.54, 1.807) is 19.9 Å². The SMILES string of the molecule is CCN(CC(=O)O)C(=O)c1ccc(O)c(C)c1. The van der Waals surface area contributed by atoms with Crippen molar-refractivity contribution >= 4 is 11.9 Å². The Kier molecular flexibility index (Phi) is 4.09. The van der Waals surface area contributed by atoms with Crippen LogP contribution in [0.1, 0.15) is 22.8 Å². The van der Waals surface area contributed by atoms with Crippen molar-refractivity contribution in [1.82, 2.24) is 4.90 Å². The topological polar surface area (TPSA) is 77.8 Å². The van der Waals surface area contributed by atoms with E-state index >= 15 is 0 Å². The van der Waals surface area contributed by atoms with Crippen LogP contribution in [0.15, 0.2) is 18.2 Å². The van der Waals surface area contributed by atoms with Crippen molar-refractivity contribution in [2.75, 3.05) is 13.1 Å². The lowest BCUT2D eigenvalue weighted by molar-refractivity contribution is -0.137. The van der Waals surface area contributed by atoms with E-state index in [9.17, 15) is 14.7 Å². The van der Waals surface area contributed by atoms with Gasteiger partial charge in [-0.2, -0.15) is 0 Å². The molecule has 5 nitrogen and oxygen atoms in total. The Labute approximate surface area is 99.3 Å². The molecule has 0 aliphatic rings. The molecule has 5 heteroatoms. The smallest absolute Gasteiger partial charge is 0.323 e. The first-order valence-electron chi connectivity index (χ1n) is 5.26. The Morgan fingerprint density at radius 3 is 2.47 bits per heavy atom. The number of nitrogens with zero attached hydrogens (tertiary/aromatic N) is 1. The van der Waals surface area contributed by atoms with Gasteiger partial charge < -0.3 is 15.1 Å². The molecule has 0 spiro atoms. The number of phenols is 1. The van der Waals surface area contributed by atoms with Crippen molar-refractivity contribution in [3.05, 3.63) is 29.3 Å². The summed E-state index contributed by atoms with van der Waals surface area (Å²) in [6.45, 7) is 3.40. The number of aryl methyl sites for hydroxylation is 1. The molecular formula is C12H15NO4. The van der Waals surface area contributed by atoms with Crippen molar-refractivity contribution in [1.29, 1.82) is 0 Å². The van der Waals surface area contributed by atoms with Crippen LogP contribution in [-0.2, 0) is 4.79 Å². The second-order valence-corrected chi connectivity index (χ2v) is 3.71. The zero-order valence-electron chi connectivity index (χ0n) is 9.80. The molecule has 0 aliphatic carbocycles. The van der Waals surface area contributed by atoms with Gasteiger partial charge in [0, 0.05) is 12.1 Å². The van der Waals surface area contributed by atoms with Crippen molar-refractivity contribution in [2.24, 2.45) is 0 Å². The number of carbonyl (C=O) groups excluding carboxylic acids is 1. The lowest BCUT2D eigenvalue weighted by Crippen LogP contribution is -2.35. The summed E-state index contributed by atoms with van der Waals surface area (Å²) >= 11 is 0. The van der Waals surface area contributed by atoms with Gasteiger partial charge in [-0.05, 0) is 37.6 Å². The molecule has 0 radical (unpaired) electrons. The zero-order valence-corrected chi connectivity index (χ0v) is 9.80. The third-order valence-corrected chi connectivity index (χ3v) is 2.44. The number of carboxylic acid groups (broad SMARTS) is 1. The van der Waals surface area contributed by atoms with E-state index in [-0.39, 0.29) is 18.2 Å². The van der Waals surface area contributed by atoms with Gasteiger partial charge in [-0.3, -0.25) is 9.59 Å².